The molecule has 0 spiro atoms. The van der Waals surface area contributed by atoms with Crippen LogP contribution in [0.3, 0.4) is 0 Å². The van der Waals surface area contributed by atoms with E-state index in [0.717, 1.165) is 13.0 Å². The zero-order valence-electron chi connectivity index (χ0n) is 11.1. The first-order valence-electron chi connectivity index (χ1n) is 6.37. The molecule has 1 aromatic rings. The number of thioether (sulfide) groups is 1. The predicted molar refractivity (Wildman–Crippen MR) is 77.1 cm³/mol. The van der Waals surface area contributed by atoms with Crippen molar-refractivity contribution in [1.82, 2.24) is 5.32 Å². The summed E-state index contributed by atoms with van der Waals surface area (Å²) >= 11 is 1.87. The van der Waals surface area contributed by atoms with Gasteiger partial charge in [-0.25, -0.2) is 0 Å². The number of hydrogen-bond acceptors (Lipinski definition) is 4. The fourth-order valence-electron chi connectivity index (χ4n) is 1.57. The maximum absolute atomic E-state index is 9.16. The molecule has 0 saturated heterocycles. The van der Waals surface area contributed by atoms with E-state index in [1.807, 2.05) is 11.8 Å². The first-order chi connectivity index (χ1) is 8.61. The van der Waals surface area contributed by atoms with Crippen molar-refractivity contribution in [3.05, 3.63) is 29.8 Å². The van der Waals surface area contributed by atoms with Crippen molar-refractivity contribution in [2.75, 3.05) is 19.7 Å². The van der Waals surface area contributed by atoms with Gasteiger partial charge >= 0.3 is 0 Å². The Morgan fingerprint density at radius 2 is 1.89 bits per heavy atom. The summed E-state index contributed by atoms with van der Waals surface area (Å²) in [4.78, 5) is 1.30. The Morgan fingerprint density at radius 3 is 2.44 bits per heavy atom. The molecule has 1 aromatic carbocycles. The lowest BCUT2D eigenvalue weighted by Crippen LogP contribution is -2.30. The van der Waals surface area contributed by atoms with Crippen LogP contribution in [-0.4, -0.2) is 41.3 Å². The standard InChI is InChI=1S/C14H23NO2S/c1-11(2)18-14-5-3-12(4-6-14)7-8-15-9-13(17)10-16/h3-6,11,13,15-17H,7-10H2,1-2H3. The summed E-state index contributed by atoms with van der Waals surface area (Å²) in [5.74, 6) is 0. The van der Waals surface area contributed by atoms with Crippen LogP contribution < -0.4 is 5.32 Å². The monoisotopic (exact) mass is 269 g/mol. The molecule has 0 radical (unpaired) electrons. The lowest BCUT2D eigenvalue weighted by atomic mass is 10.1. The molecule has 1 atom stereocenters. The normalized spacial score (nSPS) is 12.9. The van der Waals surface area contributed by atoms with Gasteiger partial charge in [0.25, 0.3) is 0 Å². The summed E-state index contributed by atoms with van der Waals surface area (Å²) in [5.41, 5.74) is 1.29. The fraction of sp³-hybridized carbons (Fsp3) is 0.571. The van der Waals surface area contributed by atoms with Crippen LogP contribution in [0.5, 0.6) is 0 Å². The minimum atomic E-state index is -0.658. The SMILES string of the molecule is CC(C)Sc1ccc(CCNCC(O)CO)cc1. The van der Waals surface area contributed by atoms with Crippen molar-refractivity contribution in [2.45, 2.75) is 36.5 Å². The van der Waals surface area contributed by atoms with E-state index in [-0.39, 0.29) is 6.61 Å². The Bertz CT molecular complexity index is 327. The summed E-state index contributed by atoms with van der Waals surface area (Å²) in [6.07, 6.45) is 0.278. The van der Waals surface area contributed by atoms with Crippen LogP contribution in [-0.2, 0) is 6.42 Å². The van der Waals surface area contributed by atoms with E-state index >= 15 is 0 Å². The van der Waals surface area contributed by atoms with Gasteiger partial charge < -0.3 is 15.5 Å². The van der Waals surface area contributed by atoms with Crippen molar-refractivity contribution >= 4 is 11.8 Å². The van der Waals surface area contributed by atoms with E-state index in [1.165, 1.54) is 10.5 Å². The van der Waals surface area contributed by atoms with Crippen LogP contribution in [0.2, 0.25) is 0 Å². The second-order valence-electron chi connectivity index (χ2n) is 4.60. The molecule has 1 rings (SSSR count). The van der Waals surface area contributed by atoms with Gasteiger partial charge in [-0.1, -0.05) is 26.0 Å². The molecule has 4 heteroatoms. The van der Waals surface area contributed by atoms with Crippen molar-refractivity contribution in [1.29, 1.82) is 0 Å². The molecule has 0 bridgehead atoms. The van der Waals surface area contributed by atoms with Crippen LogP contribution in [0.4, 0.5) is 0 Å². The average Bonchev–Trinajstić information content (AvgIpc) is 2.35. The molecule has 0 aliphatic carbocycles. The topological polar surface area (TPSA) is 52.5 Å². The first-order valence-corrected chi connectivity index (χ1v) is 7.25. The van der Waals surface area contributed by atoms with Gasteiger partial charge in [-0.2, -0.15) is 0 Å². The average molecular weight is 269 g/mol. The Balaban J connectivity index is 2.26. The lowest BCUT2D eigenvalue weighted by Gasteiger charge is -2.09. The van der Waals surface area contributed by atoms with E-state index in [1.54, 1.807) is 0 Å². The molecule has 3 N–H and O–H groups in total. The molecular weight excluding hydrogens is 246 g/mol. The van der Waals surface area contributed by atoms with Crippen molar-refractivity contribution in [3.8, 4) is 0 Å². The van der Waals surface area contributed by atoms with Gasteiger partial charge in [-0.15, -0.1) is 11.8 Å². The van der Waals surface area contributed by atoms with Crippen molar-refractivity contribution in [3.63, 3.8) is 0 Å². The Kier molecular flexibility index (Phi) is 7.35. The first kappa shape index (κ1) is 15.5. The number of nitrogens with one attached hydrogen (secondary N) is 1. The molecule has 1 unspecified atom stereocenters. The highest BCUT2D eigenvalue weighted by atomic mass is 32.2. The molecule has 0 amide bonds. The minimum Gasteiger partial charge on any atom is -0.394 e. The molecule has 0 aliphatic heterocycles. The summed E-state index contributed by atoms with van der Waals surface area (Å²) in [6.45, 7) is 5.45. The van der Waals surface area contributed by atoms with E-state index in [4.69, 9.17) is 10.2 Å². The third kappa shape index (κ3) is 6.40. The second kappa shape index (κ2) is 8.53. The smallest absolute Gasteiger partial charge is 0.0894 e. The zero-order chi connectivity index (χ0) is 13.4. The molecule has 18 heavy (non-hydrogen) atoms. The fourth-order valence-corrected chi connectivity index (χ4v) is 2.41. The molecule has 0 aromatic heterocycles. The van der Waals surface area contributed by atoms with E-state index in [0.29, 0.717) is 11.8 Å². The maximum Gasteiger partial charge on any atom is 0.0894 e. The maximum atomic E-state index is 9.16. The van der Waals surface area contributed by atoms with Gasteiger partial charge in [0, 0.05) is 16.7 Å². The largest absolute Gasteiger partial charge is 0.394 e. The number of aliphatic hydroxyl groups excluding tert-OH is 2. The van der Waals surface area contributed by atoms with Gasteiger partial charge in [0.15, 0.2) is 0 Å². The second-order valence-corrected chi connectivity index (χ2v) is 6.25. The van der Waals surface area contributed by atoms with Crippen molar-refractivity contribution < 1.29 is 10.2 Å². The van der Waals surface area contributed by atoms with Crippen LogP contribution >= 0.6 is 11.8 Å². The number of benzene rings is 1. The Morgan fingerprint density at radius 1 is 1.22 bits per heavy atom. The highest BCUT2D eigenvalue weighted by molar-refractivity contribution is 7.99. The zero-order valence-corrected chi connectivity index (χ0v) is 11.9. The van der Waals surface area contributed by atoms with Crippen LogP contribution in [0, 0.1) is 0 Å². The van der Waals surface area contributed by atoms with Crippen LogP contribution in [0.25, 0.3) is 0 Å². The number of aliphatic hydroxyl groups is 2. The third-order valence-electron chi connectivity index (χ3n) is 2.48. The lowest BCUT2D eigenvalue weighted by molar-refractivity contribution is 0.0947. The molecule has 102 valence electrons. The van der Waals surface area contributed by atoms with E-state index in [2.05, 4.69) is 43.4 Å². The summed E-state index contributed by atoms with van der Waals surface area (Å²) in [5, 5.41) is 21.5. The third-order valence-corrected chi connectivity index (χ3v) is 3.49. The van der Waals surface area contributed by atoms with Gasteiger partial charge in [0.1, 0.15) is 0 Å². The molecule has 0 aliphatic rings. The molecule has 0 heterocycles. The van der Waals surface area contributed by atoms with Gasteiger partial charge in [-0.05, 0) is 30.7 Å². The van der Waals surface area contributed by atoms with E-state index in [9.17, 15) is 0 Å². The minimum absolute atomic E-state index is 0.186. The van der Waals surface area contributed by atoms with Gasteiger partial charge in [-0.3, -0.25) is 0 Å². The van der Waals surface area contributed by atoms with Crippen LogP contribution in [0.1, 0.15) is 19.4 Å². The quantitative estimate of drug-likeness (QED) is 0.496. The van der Waals surface area contributed by atoms with Gasteiger partial charge in [0.05, 0.1) is 12.7 Å². The summed E-state index contributed by atoms with van der Waals surface area (Å²) in [6, 6.07) is 8.61. The van der Waals surface area contributed by atoms with Gasteiger partial charge in [0.2, 0.25) is 0 Å². The molecule has 0 saturated carbocycles. The van der Waals surface area contributed by atoms with Crippen molar-refractivity contribution in [2.24, 2.45) is 0 Å². The molecule has 0 fully saturated rings. The number of hydrogen-bond donors (Lipinski definition) is 3. The Labute approximate surface area is 114 Å². The number of rotatable bonds is 8. The highest BCUT2D eigenvalue weighted by Gasteiger charge is 2.01. The molecule has 3 nitrogen and oxygen atoms in total. The summed E-state index contributed by atoms with van der Waals surface area (Å²) in [7, 11) is 0. The van der Waals surface area contributed by atoms with E-state index < -0.39 is 6.10 Å². The van der Waals surface area contributed by atoms with Crippen LogP contribution in [0.15, 0.2) is 29.2 Å². The molecular formula is C14H23NO2S. The summed E-state index contributed by atoms with van der Waals surface area (Å²) < 4.78 is 0. The Hall–Kier alpha value is -0.550. The highest BCUT2D eigenvalue weighted by Crippen LogP contribution is 2.22. The predicted octanol–water partition coefficient (Wildman–Crippen LogP) is 1.67.